The summed E-state index contributed by atoms with van der Waals surface area (Å²) in [6, 6.07) is 7.66. The highest BCUT2D eigenvalue weighted by atomic mass is 35.5. The lowest BCUT2D eigenvalue weighted by Gasteiger charge is -2.28. The second-order valence-electron chi connectivity index (χ2n) is 10.6. The molecule has 1 amide bonds. The van der Waals surface area contributed by atoms with Gasteiger partial charge in [0.15, 0.2) is 6.17 Å². The van der Waals surface area contributed by atoms with Crippen LogP contribution in [-0.4, -0.2) is 37.2 Å². The number of aromatic nitrogens is 5. The third-order valence-corrected chi connectivity index (χ3v) is 7.92. The lowest BCUT2D eigenvalue weighted by molar-refractivity contribution is 0.0814. The minimum Gasteiger partial charge on any atom is -0.366 e. The van der Waals surface area contributed by atoms with Crippen LogP contribution in [0.25, 0.3) is 22.3 Å². The Balaban J connectivity index is 1.58. The van der Waals surface area contributed by atoms with Crippen molar-refractivity contribution in [2.45, 2.75) is 58.3 Å². The summed E-state index contributed by atoms with van der Waals surface area (Å²) in [5, 5.41) is 3.24. The molecule has 2 unspecified atom stereocenters. The minimum absolute atomic E-state index is 0.421. The van der Waals surface area contributed by atoms with Gasteiger partial charge in [-0.05, 0) is 49.8 Å². The van der Waals surface area contributed by atoms with Gasteiger partial charge in [-0.1, -0.05) is 37.4 Å². The van der Waals surface area contributed by atoms with Crippen LogP contribution in [-0.2, 0) is 16.1 Å². The van der Waals surface area contributed by atoms with Crippen LogP contribution in [0.5, 0.6) is 0 Å². The Morgan fingerprint density at radius 2 is 2.00 bits per heavy atom. The summed E-state index contributed by atoms with van der Waals surface area (Å²) in [7, 11) is 0. The number of rotatable bonds is 8. The van der Waals surface area contributed by atoms with E-state index in [1.54, 1.807) is 18.6 Å². The second-order valence-corrected chi connectivity index (χ2v) is 11.0. The fourth-order valence-electron chi connectivity index (χ4n) is 5.68. The first-order valence-corrected chi connectivity index (χ1v) is 14.1. The average Bonchev–Trinajstić information content (AvgIpc) is 3.56. The summed E-state index contributed by atoms with van der Waals surface area (Å²) in [6.45, 7) is 5.60. The summed E-state index contributed by atoms with van der Waals surface area (Å²) in [4.78, 5) is 35.6. The summed E-state index contributed by atoms with van der Waals surface area (Å²) < 4.78 is 8.60. The van der Waals surface area contributed by atoms with Gasteiger partial charge in [-0.2, -0.15) is 0 Å². The molecular weight excluding hydrogens is 530 g/mol. The first-order chi connectivity index (χ1) is 19.5. The second kappa shape index (κ2) is 11.5. The largest absolute Gasteiger partial charge is 0.427 e. The van der Waals surface area contributed by atoms with Gasteiger partial charge in [0.2, 0.25) is 0 Å². The van der Waals surface area contributed by atoms with Crippen LogP contribution < -0.4 is 10.8 Å². The number of amides is 1. The fraction of sp³-hybridized carbons (Fsp3) is 0.414. The van der Waals surface area contributed by atoms with E-state index in [0.29, 0.717) is 28.9 Å². The molecule has 1 saturated heterocycles. The van der Waals surface area contributed by atoms with E-state index in [-0.39, 0.29) is 0 Å². The SMILES string of the molecule is CCOC(c1cccnc1)c1nc2cc(C3NOC(=O)N3)nc(-c3cncc(Cl)c3)c2n1CC1CCC(C)CC1. The number of fused-ring (bicyclic) bond motifs is 1. The zero-order chi connectivity index (χ0) is 27.6. The number of imidazole rings is 1. The van der Waals surface area contributed by atoms with Crippen LogP contribution in [0.15, 0.2) is 49.1 Å². The lowest BCUT2D eigenvalue weighted by Crippen LogP contribution is -2.24. The maximum atomic E-state index is 11.8. The molecule has 0 bridgehead atoms. The Morgan fingerprint density at radius 1 is 1.15 bits per heavy atom. The Kier molecular flexibility index (Phi) is 7.64. The standard InChI is InChI=1S/C29H32ClN7O3/c1-3-39-26(19-5-4-10-31-13-19)28-34-22-12-23(27-35-29(38)40-36-27)33-24(20-11-21(30)15-32-14-20)25(22)37(28)16-18-8-6-17(2)7-9-18/h4-5,10-15,17-18,26-27,36H,3,6-9,16H2,1-2H3,(H,35,38). The van der Waals surface area contributed by atoms with Crippen LogP contribution in [0.3, 0.4) is 0 Å². The molecule has 10 nitrogen and oxygen atoms in total. The molecule has 208 valence electrons. The molecule has 0 radical (unpaired) electrons. The van der Waals surface area contributed by atoms with Gasteiger partial charge in [0, 0.05) is 49.1 Å². The molecule has 11 heteroatoms. The maximum absolute atomic E-state index is 11.8. The molecule has 0 aromatic carbocycles. The molecule has 5 heterocycles. The zero-order valence-corrected chi connectivity index (χ0v) is 23.3. The molecule has 2 atom stereocenters. The summed E-state index contributed by atoms with van der Waals surface area (Å²) in [5.74, 6) is 2.03. The number of halogens is 1. The van der Waals surface area contributed by atoms with Gasteiger partial charge in [-0.15, -0.1) is 5.48 Å². The first kappa shape index (κ1) is 26.6. The summed E-state index contributed by atoms with van der Waals surface area (Å²) in [6.07, 6.45) is 10.0. The van der Waals surface area contributed by atoms with E-state index in [4.69, 9.17) is 31.1 Å². The Morgan fingerprint density at radius 3 is 2.70 bits per heavy atom. The number of nitrogens with one attached hydrogen (secondary N) is 2. The highest BCUT2D eigenvalue weighted by Gasteiger charge is 2.31. The predicted molar refractivity (Wildman–Crippen MR) is 150 cm³/mol. The molecule has 4 aromatic heterocycles. The van der Waals surface area contributed by atoms with Crippen LogP contribution in [0.1, 0.15) is 68.9 Å². The van der Waals surface area contributed by atoms with Gasteiger partial charge in [0.25, 0.3) is 0 Å². The summed E-state index contributed by atoms with van der Waals surface area (Å²) in [5.41, 5.74) is 7.23. The van der Waals surface area contributed by atoms with Crippen LogP contribution in [0.4, 0.5) is 4.79 Å². The van der Waals surface area contributed by atoms with E-state index in [1.807, 2.05) is 37.4 Å². The van der Waals surface area contributed by atoms with Crippen LogP contribution in [0, 0.1) is 11.8 Å². The van der Waals surface area contributed by atoms with E-state index in [2.05, 4.69) is 32.3 Å². The molecule has 1 aliphatic carbocycles. The van der Waals surface area contributed by atoms with Crippen molar-refractivity contribution in [3.63, 3.8) is 0 Å². The van der Waals surface area contributed by atoms with Gasteiger partial charge in [0.1, 0.15) is 11.9 Å². The van der Waals surface area contributed by atoms with E-state index in [1.165, 1.54) is 12.8 Å². The number of ether oxygens (including phenoxy) is 1. The van der Waals surface area contributed by atoms with Gasteiger partial charge in [0.05, 0.1) is 27.4 Å². The fourth-order valence-corrected chi connectivity index (χ4v) is 5.85. The highest BCUT2D eigenvalue weighted by Crippen LogP contribution is 2.37. The first-order valence-electron chi connectivity index (χ1n) is 13.8. The van der Waals surface area contributed by atoms with Crippen molar-refractivity contribution in [2.75, 3.05) is 6.61 Å². The molecule has 6 rings (SSSR count). The number of carbonyl (C=O) groups excluding carboxylic acids is 1. The number of pyridine rings is 3. The maximum Gasteiger partial charge on any atom is 0.427 e. The molecule has 2 fully saturated rings. The number of hydrogen-bond acceptors (Lipinski definition) is 8. The Bertz CT molecular complexity index is 1500. The van der Waals surface area contributed by atoms with Gasteiger partial charge in [-0.25, -0.2) is 14.8 Å². The number of nitrogens with zero attached hydrogens (tertiary/aromatic N) is 5. The molecule has 1 saturated carbocycles. The number of hydrogen-bond donors (Lipinski definition) is 2. The van der Waals surface area contributed by atoms with Crippen molar-refractivity contribution in [3.8, 4) is 11.3 Å². The van der Waals surface area contributed by atoms with E-state index in [0.717, 1.165) is 53.3 Å². The number of carbonyl (C=O) groups is 1. The lowest BCUT2D eigenvalue weighted by atomic mass is 9.83. The van der Waals surface area contributed by atoms with Gasteiger partial charge in [-0.3, -0.25) is 15.3 Å². The van der Waals surface area contributed by atoms with Crippen molar-refractivity contribution < 1.29 is 14.4 Å². The molecule has 2 N–H and O–H groups in total. The van der Waals surface area contributed by atoms with E-state index < -0.39 is 18.4 Å². The molecule has 1 aliphatic heterocycles. The topological polar surface area (TPSA) is 116 Å². The minimum atomic E-state index is -0.628. The van der Waals surface area contributed by atoms with Crippen molar-refractivity contribution in [1.29, 1.82) is 0 Å². The van der Waals surface area contributed by atoms with Gasteiger partial charge < -0.3 is 14.1 Å². The molecular formula is C29H32ClN7O3. The highest BCUT2D eigenvalue weighted by molar-refractivity contribution is 6.30. The van der Waals surface area contributed by atoms with E-state index >= 15 is 0 Å². The molecule has 4 aromatic rings. The van der Waals surface area contributed by atoms with E-state index in [9.17, 15) is 4.79 Å². The third kappa shape index (κ3) is 5.39. The molecule has 2 aliphatic rings. The van der Waals surface area contributed by atoms with Gasteiger partial charge >= 0.3 is 6.09 Å². The Hall–Kier alpha value is -3.60. The van der Waals surface area contributed by atoms with Crippen molar-refractivity contribution in [2.24, 2.45) is 11.8 Å². The number of hydroxylamine groups is 1. The molecule has 0 spiro atoms. The zero-order valence-electron chi connectivity index (χ0n) is 22.5. The van der Waals surface area contributed by atoms with Crippen molar-refractivity contribution in [1.82, 2.24) is 35.3 Å². The smallest absolute Gasteiger partial charge is 0.366 e. The summed E-state index contributed by atoms with van der Waals surface area (Å²) >= 11 is 6.39. The Labute approximate surface area is 237 Å². The van der Waals surface area contributed by atoms with Crippen molar-refractivity contribution >= 4 is 28.7 Å². The molecule has 40 heavy (non-hydrogen) atoms. The van der Waals surface area contributed by atoms with Crippen LogP contribution >= 0.6 is 11.6 Å². The average molecular weight is 562 g/mol. The van der Waals surface area contributed by atoms with Crippen molar-refractivity contribution in [3.05, 3.63) is 71.2 Å². The normalized spacial score (nSPS) is 21.8. The third-order valence-electron chi connectivity index (χ3n) is 7.71. The monoisotopic (exact) mass is 561 g/mol. The quantitative estimate of drug-likeness (QED) is 0.280. The predicted octanol–water partition coefficient (Wildman–Crippen LogP) is 5.74. The van der Waals surface area contributed by atoms with Crippen LogP contribution in [0.2, 0.25) is 5.02 Å².